The number of rotatable bonds is 6. The van der Waals surface area contributed by atoms with Crippen LogP contribution >= 0.6 is 0 Å². The lowest BCUT2D eigenvalue weighted by atomic mass is 9.83. The SMILES string of the molecule is CN(C(=O)OCc1ccccc1)N1CC(Cc2ccccc2)(NC(=O)OC(C)(C)C)C1=O. The molecule has 8 heteroatoms. The third-order valence-electron chi connectivity index (χ3n) is 4.98. The normalized spacial score (nSPS) is 17.9. The molecule has 8 nitrogen and oxygen atoms in total. The summed E-state index contributed by atoms with van der Waals surface area (Å²) in [5.74, 6) is -0.411. The molecule has 2 aromatic rings. The van der Waals surface area contributed by atoms with Crippen LogP contribution in [0.3, 0.4) is 0 Å². The number of benzene rings is 2. The van der Waals surface area contributed by atoms with Gasteiger partial charge in [0.2, 0.25) is 0 Å². The minimum absolute atomic E-state index is 0.0946. The summed E-state index contributed by atoms with van der Waals surface area (Å²) >= 11 is 0. The second-order valence-electron chi connectivity index (χ2n) is 8.80. The summed E-state index contributed by atoms with van der Waals surface area (Å²) in [5.41, 5.74) is -0.194. The molecular weight excluding hydrogens is 410 g/mol. The zero-order chi connectivity index (χ0) is 23.4. The maximum Gasteiger partial charge on any atom is 0.428 e. The quantitative estimate of drug-likeness (QED) is 0.696. The number of amides is 3. The first-order valence-corrected chi connectivity index (χ1v) is 10.4. The predicted molar refractivity (Wildman–Crippen MR) is 118 cm³/mol. The van der Waals surface area contributed by atoms with E-state index >= 15 is 0 Å². The maximum absolute atomic E-state index is 13.2. The van der Waals surface area contributed by atoms with Crippen LogP contribution in [0.15, 0.2) is 60.7 Å². The van der Waals surface area contributed by atoms with Crippen molar-refractivity contribution in [3.8, 4) is 0 Å². The number of ether oxygens (including phenoxy) is 2. The van der Waals surface area contributed by atoms with E-state index < -0.39 is 29.2 Å². The van der Waals surface area contributed by atoms with Gasteiger partial charge in [-0.2, -0.15) is 0 Å². The van der Waals surface area contributed by atoms with E-state index in [0.29, 0.717) is 0 Å². The van der Waals surface area contributed by atoms with Gasteiger partial charge in [0.15, 0.2) is 0 Å². The summed E-state index contributed by atoms with van der Waals surface area (Å²) in [6.45, 7) is 5.46. The van der Waals surface area contributed by atoms with Crippen LogP contribution in [0.5, 0.6) is 0 Å². The average Bonchev–Trinajstić information content (AvgIpc) is 2.75. The third-order valence-corrected chi connectivity index (χ3v) is 4.98. The first-order chi connectivity index (χ1) is 15.1. The van der Waals surface area contributed by atoms with Gasteiger partial charge in [-0.05, 0) is 31.9 Å². The molecular formula is C24H29N3O5. The van der Waals surface area contributed by atoms with Gasteiger partial charge in [0.05, 0.1) is 6.54 Å². The van der Waals surface area contributed by atoms with Crippen molar-refractivity contribution in [2.45, 2.75) is 44.9 Å². The highest BCUT2D eigenvalue weighted by atomic mass is 16.6. The van der Waals surface area contributed by atoms with Gasteiger partial charge in [-0.3, -0.25) is 4.79 Å². The van der Waals surface area contributed by atoms with Crippen molar-refractivity contribution in [3.63, 3.8) is 0 Å². The number of hydrogen-bond donors (Lipinski definition) is 1. The number of nitrogens with one attached hydrogen (secondary N) is 1. The number of hydrogen-bond acceptors (Lipinski definition) is 5. The van der Waals surface area contributed by atoms with Crippen LogP contribution in [-0.4, -0.2) is 52.8 Å². The molecule has 1 aliphatic rings. The lowest BCUT2D eigenvalue weighted by Crippen LogP contribution is -2.78. The van der Waals surface area contributed by atoms with Crippen molar-refractivity contribution in [2.24, 2.45) is 0 Å². The zero-order valence-corrected chi connectivity index (χ0v) is 18.8. The Morgan fingerprint density at radius 3 is 2.12 bits per heavy atom. The minimum Gasteiger partial charge on any atom is -0.444 e. The average molecular weight is 440 g/mol. The molecule has 0 saturated carbocycles. The van der Waals surface area contributed by atoms with Crippen molar-refractivity contribution in [2.75, 3.05) is 13.6 Å². The van der Waals surface area contributed by atoms with Crippen molar-refractivity contribution in [1.82, 2.24) is 15.3 Å². The van der Waals surface area contributed by atoms with Crippen molar-refractivity contribution < 1.29 is 23.9 Å². The molecule has 1 aliphatic heterocycles. The molecule has 1 fully saturated rings. The Hall–Kier alpha value is -3.55. The molecule has 0 radical (unpaired) electrons. The largest absolute Gasteiger partial charge is 0.444 e. The fraction of sp³-hybridized carbons (Fsp3) is 0.375. The van der Waals surface area contributed by atoms with Gasteiger partial charge in [0, 0.05) is 13.5 Å². The Balaban J connectivity index is 1.68. The lowest BCUT2D eigenvalue weighted by Gasteiger charge is -2.51. The van der Waals surface area contributed by atoms with Crippen molar-refractivity contribution >= 4 is 18.1 Å². The van der Waals surface area contributed by atoms with Crippen LogP contribution in [0.25, 0.3) is 0 Å². The monoisotopic (exact) mass is 439 g/mol. The Morgan fingerprint density at radius 2 is 1.59 bits per heavy atom. The molecule has 0 bridgehead atoms. The second-order valence-corrected chi connectivity index (χ2v) is 8.80. The molecule has 3 amide bonds. The van der Waals surface area contributed by atoms with E-state index in [-0.39, 0.29) is 19.6 Å². The third kappa shape index (κ3) is 5.57. The Kier molecular flexibility index (Phi) is 6.72. The standard InChI is InChI=1S/C24H29N3O5/c1-23(2,3)32-21(29)25-24(15-18-11-7-5-8-12-18)17-27(20(24)28)26(4)22(30)31-16-19-13-9-6-10-14-19/h5-14H,15-17H2,1-4H3,(H,25,29). The highest BCUT2D eigenvalue weighted by molar-refractivity contribution is 5.96. The van der Waals surface area contributed by atoms with Crippen LogP contribution in [0.1, 0.15) is 31.9 Å². The molecule has 0 aliphatic carbocycles. The van der Waals surface area contributed by atoms with Gasteiger partial charge in [-0.25, -0.2) is 19.6 Å². The van der Waals surface area contributed by atoms with E-state index in [2.05, 4.69) is 5.32 Å². The molecule has 1 saturated heterocycles. The number of carbonyl (C=O) groups excluding carboxylic acids is 3. The minimum atomic E-state index is -1.21. The van der Waals surface area contributed by atoms with E-state index in [4.69, 9.17) is 9.47 Å². The first kappa shape index (κ1) is 23.1. The Bertz CT molecular complexity index is 959. The summed E-state index contributed by atoms with van der Waals surface area (Å²) in [5, 5.41) is 5.12. The van der Waals surface area contributed by atoms with E-state index in [1.165, 1.54) is 12.1 Å². The number of β-lactam (4-membered cyclic amide) rings is 1. The molecule has 3 rings (SSSR count). The van der Waals surface area contributed by atoms with Crippen LogP contribution in [0.2, 0.25) is 0 Å². The second kappa shape index (κ2) is 9.30. The van der Waals surface area contributed by atoms with Gasteiger partial charge in [-0.1, -0.05) is 60.7 Å². The summed E-state index contributed by atoms with van der Waals surface area (Å²) in [7, 11) is 1.46. The number of carbonyl (C=O) groups is 3. The smallest absolute Gasteiger partial charge is 0.428 e. The van der Waals surface area contributed by atoms with E-state index in [1.807, 2.05) is 60.7 Å². The van der Waals surface area contributed by atoms with E-state index in [1.54, 1.807) is 20.8 Å². The Labute approximate surface area is 188 Å². The summed E-state index contributed by atoms with van der Waals surface area (Å²) in [6, 6.07) is 18.6. The fourth-order valence-electron chi connectivity index (χ4n) is 3.42. The van der Waals surface area contributed by atoms with Crippen LogP contribution in [-0.2, 0) is 27.3 Å². The lowest BCUT2D eigenvalue weighted by molar-refractivity contribution is -0.174. The Morgan fingerprint density at radius 1 is 1.03 bits per heavy atom. The zero-order valence-electron chi connectivity index (χ0n) is 18.8. The number of nitrogens with zero attached hydrogens (tertiary/aromatic N) is 2. The molecule has 0 spiro atoms. The summed E-state index contributed by atoms with van der Waals surface area (Å²) in [4.78, 5) is 38.2. The molecule has 1 N–H and O–H groups in total. The maximum atomic E-state index is 13.2. The highest BCUT2D eigenvalue weighted by Gasteiger charge is 2.56. The molecule has 0 aromatic heterocycles. The van der Waals surface area contributed by atoms with Crippen molar-refractivity contribution in [3.05, 3.63) is 71.8 Å². The molecule has 1 heterocycles. The van der Waals surface area contributed by atoms with Gasteiger partial charge >= 0.3 is 12.2 Å². The van der Waals surface area contributed by atoms with Crippen LogP contribution in [0.4, 0.5) is 9.59 Å². The van der Waals surface area contributed by atoms with Gasteiger partial charge in [0.25, 0.3) is 5.91 Å². The van der Waals surface area contributed by atoms with E-state index in [0.717, 1.165) is 16.1 Å². The predicted octanol–water partition coefficient (Wildman–Crippen LogP) is 3.52. The van der Waals surface area contributed by atoms with Gasteiger partial charge < -0.3 is 14.8 Å². The number of alkyl carbamates (subject to hydrolysis) is 1. The van der Waals surface area contributed by atoms with Crippen LogP contribution < -0.4 is 5.32 Å². The highest BCUT2D eigenvalue weighted by Crippen LogP contribution is 2.29. The number of hydrazine groups is 1. The molecule has 32 heavy (non-hydrogen) atoms. The first-order valence-electron chi connectivity index (χ1n) is 10.4. The van der Waals surface area contributed by atoms with Crippen molar-refractivity contribution in [1.29, 1.82) is 0 Å². The molecule has 2 aromatic carbocycles. The summed E-state index contributed by atoms with van der Waals surface area (Å²) < 4.78 is 10.7. The molecule has 1 atom stereocenters. The van der Waals surface area contributed by atoms with Gasteiger partial charge in [0.1, 0.15) is 17.7 Å². The summed E-state index contributed by atoms with van der Waals surface area (Å²) in [6.07, 6.45) is -1.07. The topological polar surface area (TPSA) is 88.2 Å². The fourth-order valence-corrected chi connectivity index (χ4v) is 3.42. The molecule has 1 unspecified atom stereocenters. The van der Waals surface area contributed by atoms with E-state index in [9.17, 15) is 14.4 Å². The van der Waals surface area contributed by atoms with Gasteiger partial charge in [-0.15, -0.1) is 0 Å². The van der Waals surface area contributed by atoms with Crippen LogP contribution in [0, 0.1) is 0 Å². The molecule has 170 valence electrons.